The van der Waals surface area contributed by atoms with Crippen molar-refractivity contribution >= 4 is 11.8 Å². The van der Waals surface area contributed by atoms with Crippen molar-refractivity contribution in [3.8, 4) is 5.75 Å². The molecular formula is C25H32N2O4. The van der Waals surface area contributed by atoms with Gasteiger partial charge in [0.25, 0.3) is 5.91 Å². The van der Waals surface area contributed by atoms with E-state index >= 15 is 0 Å². The third kappa shape index (κ3) is 4.63. The lowest BCUT2D eigenvalue weighted by Crippen LogP contribution is -2.52. The van der Waals surface area contributed by atoms with Crippen molar-refractivity contribution in [2.75, 3.05) is 19.6 Å². The molecular weight excluding hydrogens is 392 g/mol. The minimum Gasteiger partial charge on any atom is -0.487 e. The molecule has 2 amide bonds. The van der Waals surface area contributed by atoms with Crippen molar-refractivity contribution in [3.05, 3.63) is 53.5 Å². The summed E-state index contributed by atoms with van der Waals surface area (Å²) >= 11 is 0. The molecule has 0 radical (unpaired) electrons. The van der Waals surface area contributed by atoms with Crippen LogP contribution in [0.1, 0.15) is 67.1 Å². The van der Waals surface area contributed by atoms with E-state index in [9.17, 15) is 9.59 Å². The summed E-state index contributed by atoms with van der Waals surface area (Å²) in [6, 6.07) is 9.80. The average Bonchev–Trinajstić information content (AvgIpc) is 3.18. The fourth-order valence-corrected chi connectivity index (χ4v) is 4.74. The number of carbonyl (C=O) groups is 2. The highest BCUT2D eigenvalue weighted by molar-refractivity contribution is 5.95. The lowest BCUT2D eigenvalue weighted by Gasteiger charge is -2.47. The molecule has 2 aromatic rings. The van der Waals surface area contributed by atoms with Crippen LogP contribution in [0.15, 0.2) is 41.0 Å². The monoisotopic (exact) mass is 424 g/mol. The molecule has 1 spiro atoms. The largest absolute Gasteiger partial charge is 0.487 e. The summed E-state index contributed by atoms with van der Waals surface area (Å²) in [6.45, 7) is 7.97. The minimum atomic E-state index is -0.334. The highest BCUT2D eigenvalue weighted by Gasteiger charge is 2.44. The van der Waals surface area contributed by atoms with Crippen molar-refractivity contribution in [1.82, 2.24) is 10.2 Å². The minimum absolute atomic E-state index is 0.0157. The summed E-state index contributed by atoms with van der Waals surface area (Å²) in [5.74, 6) is 2.19. The molecule has 1 saturated heterocycles. The Morgan fingerprint density at radius 3 is 2.61 bits per heavy atom. The van der Waals surface area contributed by atoms with E-state index in [4.69, 9.17) is 9.15 Å². The number of nitrogens with zero attached hydrogens (tertiary/aromatic N) is 1. The number of hydrogen-bond acceptors (Lipinski definition) is 4. The van der Waals surface area contributed by atoms with Gasteiger partial charge >= 0.3 is 0 Å². The number of carbonyl (C=O) groups excluding carboxylic acids is 2. The van der Waals surface area contributed by atoms with E-state index < -0.39 is 0 Å². The van der Waals surface area contributed by atoms with Crippen LogP contribution < -0.4 is 10.1 Å². The van der Waals surface area contributed by atoms with Gasteiger partial charge in [-0.1, -0.05) is 32.0 Å². The Kier molecular flexibility index (Phi) is 6.08. The zero-order valence-corrected chi connectivity index (χ0v) is 18.6. The molecule has 1 atom stereocenters. The lowest BCUT2D eigenvalue weighted by atomic mass is 9.76. The van der Waals surface area contributed by atoms with E-state index in [2.05, 4.69) is 25.2 Å². The van der Waals surface area contributed by atoms with E-state index in [0.29, 0.717) is 43.3 Å². The zero-order valence-electron chi connectivity index (χ0n) is 18.6. The molecule has 1 aromatic carbocycles. The fourth-order valence-electron chi connectivity index (χ4n) is 4.74. The highest BCUT2D eigenvalue weighted by Crippen LogP contribution is 2.46. The normalized spacial score (nSPS) is 19.7. The van der Waals surface area contributed by atoms with Gasteiger partial charge in [-0.25, -0.2) is 0 Å². The topological polar surface area (TPSA) is 71.8 Å². The van der Waals surface area contributed by atoms with Crippen molar-refractivity contribution in [2.45, 2.75) is 58.0 Å². The standard InChI is InChI=1S/C25H32N2O4/c1-17(2)16-26-23(28)14-19-15-25(31-22-7-5-4-6-21(19)22)9-11-27(12-10-25)24(29)20-8-13-30-18(20)3/h4-8,13,17,19H,9-12,14-16H2,1-3H3,(H,26,28). The maximum absolute atomic E-state index is 12.9. The quantitative estimate of drug-likeness (QED) is 0.777. The van der Waals surface area contributed by atoms with E-state index in [1.807, 2.05) is 30.0 Å². The van der Waals surface area contributed by atoms with Crippen LogP contribution >= 0.6 is 0 Å². The molecule has 3 heterocycles. The molecule has 0 bridgehead atoms. The number of furan rings is 1. The van der Waals surface area contributed by atoms with E-state index in [1.165, 1.54) is 0 Å². The van der Waals surface area contributed by atoms with E-state index in [-0.39, 0.29) is 23.3 Å². The number of ether oxygens (including phenoxy) is 1. The summed E-state index contributed by atoms with van der Waals surface area (Å²) in [4.78, 5) is 27.3. The predicted molar refractivity (Wildman–Crippen MR) is 118 cm³/mol. The van der Waals surface area contributed by atoms with Crippen LogP contribution in [0.4, 0.5) is 0 Å². The molecule has 0 aliphatic carbocycles. The van der Waals surface area contributed by atoms with Crippen LogP contribution in [0.3, 0.4) is 0 Å². The van der Waals surface area contributed by atoms with Gasteiger partial charge in [0, 0.05) is 44.8 Å². The van der Waals surface area contributed by atoms with Gasteiger partial charge in [0.2, 0.25) is 5.91 Å². The Morgan fingerprint density at radius 1 is 1.19 bits per heavy atom. The molecule has 1 unspecified atom stereocenters. The van der Waals surface area contributed by atoms with Crippen LogP contribution in [0.5, 0.6) is 5.75 Å². The van der Waals surface area contributed by atoms with Crippen LogP contribution in [-0.4, -0.2) is 41.9 Å². The third-order valence-electron chi connectivity index (χ3n) is 6.49. The Balaban J connectivity index is 1.46. The van der Waals surface area contributed by atoms with Gasteiger partial charge in [0.15, 0.2) is 0 Å². The molecule has 31 heavy (non-hydrogen) atoms. The van der Waals surface area contributed by atoms with E-state index in [1.54, 1.807) is 12.3 Å². The maximum Gasteiger partial charge on any atom is 0.257 e. The van der Waals surface area contributed by atoms with Crippen molar-refractivity contribution in [1.29, 1.82) is 0 Å². The van der Waals surface area contributed by atoms with Crippen molar-refractivity contribution < 1.29 is 18.7 Å². The Labute approximate surface area is 183 Å². The van der Waals surface area contributed by atoms with E-state index in [0.717, 1.165) is 30.6 Å². The fraction of sp³-hybridized carbons (Fsp3) is 0.520. The number of hydrogen-bond donors (Lipinski definition) is 1. The molecule has 166 valence electrons. The summed E-state index contributed by atoms with van der Waals surface area (Å²) < 4.78 is 11.8. The summed E-state index contributed by atoms with van der Waals surface area (Å²) in [7, 11) is 0. The SMILES string of the molecule is Cc1occc1C(=O)N1CCC2(CC1)CC(CC(=O)NCC(C)C)c1ccccc1O2. The van der Waals surface area contributed by atoms with Crippen molar-refractivity contribution in [3.63, 3.8) is 0 Å². The number of rotatable bonds is 5. The van der Waals surface area contributed by atoms with Crippen LogP contribution in [0.2, 0.25) is 0 Å². The second-order valence-electron chi connectivity index (χ2n) is 9.31. The van der Waals surface area contributed by atoms with Crippen LogP contribution in [0.25, 0.3) is 0 Å². The van der Waals surface area contributed by atoms with Crippen LogP contribution in [0, 0.1) is 12.8 Å². The molecule has 6 nitrogen and oxygen atoms in total. The van der Waals surface area contributed by atoms with Gasteiger partial charge in [-0.05, 0) is 37.0 Å². The molecule has 1 fully saturated rings. The van der Waals surface area contributed by atoms with Gasteiger partial charge in [-0.2, -0.15) is 0 Å². The first-order valence-corrected chi connectivity index (χ1v) is 11.2. The average molecular weight is 425 g/mol. The van der Waals surface area contributed by atoms with Gasteiger partial charge in [0.1, 0.15) is 17.1 Å². The van der Waals surface area contributed by atoms with Crippen molar-refractivity contribution in [2.24, 2.45) is 5.92 Å². The second-order valence-corrected chi connectivity index (χ2v) is 9.31. The number of aryl methyl sites for hydroxylation is 1. The molecule has 2 aliphatic rings. The Hall–Kier alpha value is -2.76. The number of piperidine rings is 1. The Bertz CT molecular complexity index is 941. The van der Waals surface area contributed by atoms with Gasteiger partial charge in [-0.15, -0.1) is 0 Å². The molecule has 6 heteroatoms. The first-order chi connectivity index (χ1) is 14.9. The van der Waals surface area contributed by atoms with Gasteiger partial charge in [-0.3, -0.25) is 9.59 Å². The maximum atomic E-state index is 12.9. The summed E-state index contributed by atoms with van der Waals surface area (Å²) in [5, 5.41) is 3.05. The first-order valence-electron chi connectivity index (χ1n) is 11.2. The molecule has 1 aromatic heterocycles. The molecule has 4 rings (SSSR count). The van der Waals surface area contributed by atoms with Crippen LogP contribution in [-0.2, 0) is 4.79 Å². The third-order valence-corrected chi connectivity index (χ3v) is 6.49. The zero-order chi connectivity index (χ0) is 22.0. The highest BCUT2D eigenvalue weighted by atomic mass is 16.5. The number of likely N-dealkylation sites (tertiary alicyclic amines) is 1. The summed E-state index contributed by atoms with van der Waals surface area (Å²) in [5.41, 5.74) is 1.41. The smallest absolute Gasteiger partial charge is 0.257 e. The van der Waals surface area contributed by atoms with Gasteiger partial charge in [0.05, 0.1) is 11.8 Å². The number of amides is 2. The number of nitrogens with one attached hydrogen (secondary N) is 1. The molecule has 2 aliphatic heterocycles. The predicted octanol–water partition coefficient (Wildman–Crippen LogP) is 4.29. The second kappa shape index (κ2) is 8.77. The molecule has 0 saturated carbocycles. The van der Waals surface area contributed by atoms with Gasteiger partial charge < -0.3 is 19.4 Å². The molecule has 1 N–H and O–H groups in total. The lowest BCUT2D eigenvalue weighted by molar-refractivity contribution is -0.122. The number of fused-ring (bicyclic) bond motifs is 1. The summed E-state index contributed by atoms with van der Waals surface area (Å²) in [6.07, 6.45) is 4.34. The Morgan fingerprint density at radius 2 is 1.94 bits per heavy atom. The first kappa shape index (κ1) is 21.5. The number of benzene rings is 1. The number of para-hydroxylation sites is 1.